The van der Waals surface area contributed by atoms with Gasteiger partial charge in [-0.1, -0.05) is 30.3 Å². The van der Waals surface area contributed by atoms with E-state index in [1.807, 2.05) is 30.3 Å². The molecule has 0 aliphatic carbocycles. The summed E-state index contributed by atoms with van der Waals surface area (Å²) >= 11 is 0. The van der Waals surface area contributed by atoms with Gasteiger partial charge in [-0.05, 0) is 18.4 Å². The summed E-state index contributed by atoms with van der Waals surface area (Å²) in [5.74, 6) is 0.623. The molecule has 1 fully saturated rings. The van der Waals surface area contributed by atoms with Gasteiger partial charge in [0.15, 0.2) is 0 Å². The molecule has 2 aliphatic rings. The fraction of sp³-hybridized carbons (Fsp3) is 0.429. The van der Waals surface area contributed by atoms with Crippen LogP contribution in [0.2, 0.25) is 0 Å². The molecular weight excluding hydrogens is 380 g/mol. The quantitative estimate of drug-likeness (QED) is 0.502. The number of phenolic OH excluding ortho intramolecular Hbond substituents is 1. The van der Waals surface area contributed by atoms with Crippen molar-refractivity contribution in [1.29, 1.82) is 0 Å². The van der Waals surface area contributed by atoms with Gasteiger partial charge >= 0.3 is 0 Å². The maximum atomic E-state index is 10.4. The summed E-state index contributed by atoms with van der Waals surface area (Å²) < 4.78 is 17.0. The van der Waals surface area contributed by atoms with E-state index in [0.29, 0.717) is 17.7 Å². The molecule has 0 amide bonds. The number of aliphatic hydroxyl groups is 4. The lowest BCUT2D eigenvalue weighted by molar-refractivity contribution is -0.277. The van der Waals surface area contributed by atoms with E-state index in [4.69, 9.17) is 14.2 Å². The van der Waals surface area contributed by atoms with Gasteiger partial charge in [0.25, 0.3) is 0 Å². The fourth-order valence-electron chi connectivity index (χ4n) is 3.72. The largest absolute Gasteiger partial charge is 0.507 e. The van der Waals surface area contributed by atoms with Gasteiger partial charge in [-0.25, -0.2) is 0 Å². The van der Waals surface area contributed by atoms with E-state index in [-0.39, 0.29) is 17.6 Å². The molecule has 8 heteroatoms. The van der Waals surface area contributed by atoms with Crippen molar-refractivity contribution in [3.63, 3.8) is 0 Å². The van der Waals surface area contributed by atoms with Crippen molar-refractivity contribution in [3.05, 3.63) is 53.6 Å². The first-order valence-electron chi connectivity index (χ1n) is 9.52. The number of benzene rings is 2. The number of hydrogen-bond donors (Lipinski definition) is 5. The Kier molecular flexibility index (Phi) is 5.62. The predicted octanol–water partition coefficient (Wildman–Crippen LogP) is 0.637. The normalized spacial score (nSPS) is 31.6. The molecule has 1 saturated heterocycles. The SMILES string of the molecule is OCC1O[C@@H](Oc2cc(O)c3c(c2)OC(c2ccccc2)CC3)C(O)[C@@H](O)[C@@H]1O. The van der Waals surface area contributed by atoms with Crippen LogP contribution in [0.3, 0.4) is 0 Å². The zero-order valence-corrected chi connectivity index (χ0v) is 15.6. The average Bonchev–Trinajstić information content (AvgIpc) is 2.74. The minimum absolute atomic E-state index is 0.00592. The van der Waals surface area contributed by atoms with Crippen molar-refractivity contribution in [2.75, 3.05) is 6.61 Å². The summed E-state index contributed by atoms with van der Waals surface area (Å²) in [5, 5.41) is 49.6. The van der Waals surface area contributed by atoms with Crippen LogP contribution < -0.4 is 9.47 Å². The Bertz CT molecular complexity index is 840. The van der Waals surface area contributed by atoms with Crippen LogP contribution in [0, 0.1) is 0 Å². The summed E-state index contributed by atoms with van der Waals surface area (Å²) in [4.78, 5) is 0. The molecule has 4 rings (SSSR count). The minimum Gasteiger partial charge on any atom is -0.507 e. The van der Waals surface area contributed by atoms with Gasteiger partial charge in [-0.2, -0.15) is 0 Å². The summed E-state index contributed by atoms with van der Waals surface area (Å²) in [6, 6.07) is 12.7. The van der Waals surface area contributed by atoms with Gasteiger partial charge < -0.3 is 39.7 Å². The molecule has 6 atom stereocenters. The number of phenols is 1. The lowest BCUT2D eigenvalue weighted by Gasteiger charge is -2.39. The first-order valence-corrected chi connectivity index (χ1v) is 9.52. The number of hydrogen-bond acceptors (Lipinski definition) is 8. The van der Waals surface area contributed by atoms with Gasteiger partial charge in [-0.15, -0.1) is 0 Å². The number of rotatable bonds is 4. The van der Waals surface area contributed by atoms with Crippen LogP contribution in [0.25, 0.3) is 0 Å². The number of aromatic hydroxyl groups is 1. The monoisotopic (exact) mass is 404 g/mol. The Hall–Kier alpha value is -2.36. The molecule has 0 aromatic heterocycles. The zero-order chi connectivity index (χ0) is 20.5. The standard InChI is InChI=1S/C21H24O8/c22-10-17-18(24)19(25)20(26)21(29-17)27-12-8-14(23)13-6-7-15(28-16(13)9-12)11-4-2-1-3-5-11/h1-5,8-9,15,17-26H,6-7,10H2/t15?,17?,18-,19+,20?,21-/m1/s1. The van der Waals surface area contributed by atoms with E-state index in [0.717, 1.165) is 12.0 Å². The molecule has 0 saturated carbocycles. The Balaban J connectivity index is 1.55. The third kappa shape index (κ3) is 3.90. The maximum absolute atomic E-state index is 10.4. The molecule has 5 N–H and O–H groups in total. The van der Waals surface area contributed by atoms with Crippen molar-refractivity contribution in [2.45, 2.75) is 49.7 Å². The Morgan fingerprint density at radius 1 is 1.00 bits per heavy atom. The highest BCUT2D eigenvalue weighted by Gasteiger charge is 2.44. The minimum atomic E-state index is -1.55. The molecule has 29 heavy (non-hydrogen) atoms. The molecule has 2 aromatic rings. The van der Waals surface area contributed by atoms with Crippen molar-refractivity contribution >= 4 is 0 Å². The summed E-state index contributed by atoms with van der Waals surface area (Å²) in [6.45, 7) is -0.553. The van der Waals surface area contributed by atoms with Crippen LogP contribution in [0.4, 0.5) is 0 Å². The molecular formula is C21H24O8. The van der Waals surface area contributed by atoms with Crippen LogP contribution in [-0.2, 0) is 11.2 Å². The van der Waals surface area contributed by atoms with Gasteiger partial charge in [0.1, 0.15) is 47.8 Å². The molecule has 0 bridgehead atoms. The molecule has 156 valence electrons. The number of fused-ring (bicyclic) bond motifs is 1. The first kappa shape index (κ1) is 19.9. The van der Waals surface area contributed by atoms with Crippen LogP contribution in [0.5, 0.6) is 17.2 Å². The number of aliphatic hydroxyl groups excluding tert-OH is 4. The van der Waals surface area contributed by atoms with E-state index >= 15 is 0 Å². The molecule has 8 nitrogen and oxygen atoms in total. The molecule has 2 heterocycles. The van der Waals surface area contributed by atoms with Gasteiger partial charge in [0.05, 0.1) is 6.61 Å². The third-order valence-electron chi connectivity index (χ3n) is 5.36. The number of ether oxygens (including phenoxy) is 3. The average molecular weight is 404 g/mol. The molecule has 0 spiro atoms. The molecule has 2 aromatic carbocycles. The van der Waals surface area contributed by atoms with Crippen molar-refractivity contribution in [2.24, 2.45) is 0 Å². The molecule has 0 radical (unpaired) electrons. The first-order chi connectivity index (χ1) is 14.0. The summed E-state index contributed by atoms with van der Waals surface area (Å²) in [7, 11) is 0. The van der Waals surface area contributed by atoms with Crippen LogP contribution in [-0.4, -0.2) is 62.8 Å². The van der Waals surface area contributed by atoms with Gasteiger partial charge in [-0.3, -0.25) is 0 Å². The highest BCUT2D eigenvalue weighted by Crippen LogP contribution is 2.42. The zero-order valence-electron chi connectivity index (χ0n) is 15.6. The summed E-state index contributed by atoms with van der Waals surface area (Å²) in [6.07, 6.45) is -5.79. The van der Waals surface area contributed by atoms with E-state index < -0.39 is 37.3 Å². The second kappa shape index (κ2) is 8.17. The van der Waals surface area contributed by atoms with E-state index in [2.05, 4.69) is 0 Å². The topological polar surface area (TPSA) is 129 Å². The second-order valence-electron chi connectivity index (χ2n) is 7.29. The Labute approximate surface area is 167 Å². The van der Waals surface area contributed by atoms with Crippen LogP contribution in [0.15, 0.2) is 42.5 Å². The van der Waals surface area contributed by atoms with Gasteiger partial charge in [0.2, 0.25) is 6.29 Å². The van der Waals surface area contributed by atoms with Crippen LogP contribution in [0.1, 0.15) is 23.7 Å². The molecule has 3 unspecified atom stereocenters. The lowest BCUT2D eigenvalue weighted by Crippen LogP contribution is -2.60. The fourth-order valence-corrected chi connectivity index (χ4v) is 3.72. The maximum Gasteiger partial charge on any atom is 0.229 e. The van der Waals surface area contributed by atoms with Crippen molar-refractivity contribution in [3.8, 4) is 17.2 Å². The smallest absolute Gasteiger partial charge is 0.229 e. The Morgan fingerprint density at radius 2 is 1.76 bits per heavy atom. The van der Waals surface area contributed by atoms with Crippen LogP contribution >= 0.6 is 0 Å². The highest BCUT2D eigenvalue weighted by molar-refractivity contribution is 5.51. The van der Waals surface area contributed by atoms with E-state index in [1.54, 1.807) is 6.07 Å². The van der Waals surface area contributed by atoms with Crippen molar-refractivity contribution in [1.82, 2.24) is 0 Å². The van der Waals surface area contributed by atoms with Gasteiger partial charge in [0, 0.05) is 17.7 Å². The van der Waals surface area contributed by atoms with E-state index in [9.17, 15) is 25.5 Å². The summed E-state index contributed by atoms with van der Waals surface area (Å²) in [5.41, 5.74) is 1.69. The van der Waals surface area contributed by atoms with Crippen molar-refractivity contribution < 1.29 is 39.7 Å². The molecule has 2 aliphatic heterocycles. The third-order valence-corrected chi connectivity index (χ3v) is 5.36. The second-order valence-corrected chi connectivity index (χ2v) is 7.29. The van der Waals surface area contributed by atoms with E-state index in [1.165, 1.54) is 6.07 Å². The lowest BCUT2D eigenvalue weighted by atomic mass is 9.96. The highest BCUT2D eigenvalue weighted by atomic mass is 16.7. The Morgan fingerprint density at radius 3 is 2.48 bits per heavy atom. The predicted molar refractivity (Wildman–Crippen MR) is 101 cm³/mol.